The largest absolute Gasteiger partial charge is 0.481 e. The van der Waals surface area contributed by atoms with E-state index in [2.05, 4.69) is 10.6 Å². The molecule has 0 bridgehead atoms. The van der Waals surface area contributed by atoms with Crippen LogP contribution in [0.4, 0.5) is 4.79 Å². The molecule has 0 aliphatic carbocycles. The number of carboxylic acid groups (broad SMARTS) is 1. The Morgan fingerprint density at radius 3 is 2.15 bits per heavy atom. The lowest BCUT2D eigenvalue weighted by molar-refractivity contribution is -0.150. The molecule has 182 valence electrons. The number of carbonyl (C=O) groups excluding carboxylic acids is 3. The number of amides is 2. The minimum absolute atomic E-state index is 0.0349. The van der Waals surface area contributed by atoms with E-state index in [9.17, 15) is 24.3 Å². The molecule has 0 unspecified atom stereocenters. The average Bonchev–Trinajstić information content (AvgIpc) is 2.80. The van der Waals surface area contributed by atoms with Gasteiger partial charge in [0.15, 0.2) is 0 Å². The lowest BCUT2D eigenvalue weighted by Crippen LogP contribution is -2.54. The highest BCUT2D eigenvalue weighted by Crippen LogP contribution is 2.11. The summed E-state index contributed by atoms with van der Waals surface area (Å²) in [6.07, 6.45) is -1.64. The number of nitrogens with one attached hydrogen (secondary N) is 2. The number of hydrogen-bond donors (Lipinski definition) is 3. The molecule has 2 atom stereocenters. The van der Waals surface area contributed by atoms with E-state index in [1.807, 2.05) is 37.3 Å². The number of aliphatic carboxylic acids is 1. The fraction of sp³-hybridized carbons (Fsp3) is 0.360. The van der Waals surface area contributed by atoms with Crippen LogP contribution in [0.2, 0.25) is 0 Å². The molecule has 0 saturated heterocycles. The molecular formula is C25H30N2O7. The average molecular weight is 471 g/mol. The fourth-order valence-electron chi connectivity index (χ4n) is 3.05. The first-order valence-electron chi connectivity index (χ1n) is 10.9. The number of benzene rings is 2. The SMILES string of the molecule is Cc1ccccc1COC(=O)[C@@H](NC(=O)[C@H](CC(=O)O)NC(=O)OCc1ccccc1)C(C)C. The first kappa shape index (κ1) is 26.4. The van der Waals surface area contributed by atoms with Gasteiger partial charge in [0.2, 0.25) is 5.91 Å². The van der Waals surface area contributed by atoms with Crippen LogP contribution in [0.25, 0.3) is 0 Å². The van der Waals surface area contributed by atoms with Crippen LogP contribution in [0.5, 0.6) is 0 Å². The summed E-state index contributed by atoms with van der Waals surface area (Å²) < 4.78 is 10.5. The second-order valence-electron chi connectivity index (χ2n) is 8.12. The fourth-order valence-corrected chi connectivity index (χ4v) is 3.05. The maximum atomic E-state index is 12.8. The Balaban J connectivity index is 1.99. The Labute approximate surface area is 198 Å². The molecule has 9 heteroatoms. The molecule has 0 aliphatic heterocycles. The maximum absolute atomic E-state index is 12.8. The Morgan fingerprint density at radius 2 is 1.53 bits per heavy atom. The van der Waals surface area contributed by atoms with Gasteiger partial charge in [-0.15, -0.1) is 0 Å². The zero-order valence-electron chi connectivity index (χ0n) is 19.4. The van der Waals surface area contributed by atoms with Gasteiger partial charge in [0.05, 0.1) is 6.42 Å². The van der Waals surface area contributed by atoms with Gasteiger partial charge < -0.3 is 25.2 Å². The zero-order valence-corrected chi connectivity index (χ0v) is 19.4. The minimum Gasteiger partial charge on any atom is -0.481 e. The molecule has 0 fully saturated rings. The summed E-state index contributed by atoms with van der Waals surface area (Å²) >= 11 is 0. The summed E-state index contributed by atoms with van der Waals surface area (Å²) in [6.45, 7) is 5.31. The van der Waals surface area contributed by atoms with Crippen LogP contribution in [0.3, 0.4) is 0 Å². The van der Waals surface area contributed by atoms with Gasteiger partial charge in [-0.3, -0.25) is 9.59 Å². The molecule has 2 aromatic carbocycles. The molecule has 2 amide bonds. The van der Waals surface area contributed by atoms with Gasteiger partial charge >= 0.3 is 18.0 Å². The summed E-state index contributed by atoms with van der Waals surface area (Å²) in [5.41, 5.74) is 2.52. The van der Waals surface area contributed by atoms with Crippen molar-refractivity contribution in [1.29, 1.82) is 0 Å². The van der Waals surface area contributed by atoms with Crippen molar-refractivity contribution in [3.05, 3.63) is 71.3 Å². The van der Waals surface area contributed by atoms with E-state index in [0.29, 0.717) is 0 Å². The molecule has 0 saturated carbocycles. The number of carbonyl (C=O) groups is 4. The number of hydrogen-bond acceptors (Lipinski definition) is 6. The Kier molecular flexibility index (Phi) is 10.1. The van der Waals surface area contributed by atoms with Crippen LogP contribution in [0.1, 0.15) is 37.0 Å². The van der Waals surface area contributed by atoms with Crippen molar-refractivity contribution in [3.8, 4) is 0 Å². The Hall–Kier alpha value is -3.88. The molecule has 34 heavy (non-hydrogen) atoms. The minimum atomic E-state index is -1.44. The van der Waals surface area contributed by atoms with Crippen molar-refractivity contribution in [1.82, 2.24) is 10.6 Å². The highest BCUT2D eigenvalue weighted by atomic mass is 16.5. The van der Waals surface area contributed by atoms with Crippen LogP contribution >= 0.6 is 0 Å². The van der Waals surface area contributed by atoms with E-state index in [1.165, 1.54) is 0 Å². The zero-order chi connectivity index (χ0) is 25.1. The topological polar surface area (TPSA) is 131 Å². The molecule has 0 heterocycles. The van der Waals surface area contributed by atoms with Crippen molar-refractivity contribution in [2.24, 2.45) is 5.92 Å². The van der Waals surface area contributed by atoms with E-state index < -0.39 is 42.4 Å². The molecule has 2 aromatic rings. The Morgan fingerprint density at radius 1 is 0.882 bits per heavy atom. The number of ether oxygens (including phenoxy) is 2. The second-order valence-corrected chi connectivity index (χ2v) is 8.12. The van der Waals surface area contributed by atoms with Gasteiger partial charge in [-0.25, -0.2) is 9.59 Å². The summed E-state index contributed by atoms with van der Waals surface area (Å²) in [6, 6.07) is 13.8. The lowest BCUT2D eigenvalue weighted by Gasteiger charge is -2.24. The molecule has 2 rings (SSSR count). The van der Waals surface area contributed by atoms with Gasteiger partial charge in [-0.2, -0.15) is 0 Å². The second kappa shape index (κ2) is 13.0. The van der Waals surface area contributed by atoms with Crippen LogP contribution in [-0.4, -0.2) is 41.1 Å². The first-order chi connectivity index (χ1) is 16.2. The normalized spacial score (nSPS) is 12.4. The number of alkyl carbamates (subject to hydrolysis) is 1. The highest BCUT2D eigenvalue weighted by molar-refractivity contribution is 5.92. The van der Waals surface area contributed by atoms with Crippen LogP contribution in [-0.2, 0) is 37.1 Å². The predicted octanol–water partition coefficient (Wildman–Crippen LogP) is 2.95. The molecule has 3 N–H and O–H groups in total. The van der Waals surface area contributed by atoms with E-state index in [1.54, 1.807) is 38.1 Å². The van der Waals surface area contributed by atoms with Gasteiger partial charge in [-0.1, -0.05) is 68.4 Å². The van der Waals surface area contributed by atoms with Gasteiger partial charge in [0.25, 0.3) is 0 Å². The van der Waals surface area contributed by atoms with Gasteiger partial charge in [-0.05, 0) is 29.5 Å². The molecule has 0 aliphatic rings. The summed E-state index contributed by atoms with van der Waals surface area (Å²) in [4.78, 5) is 48.9. The summed E-state index contributed by atoms with van der Waals surface area (Å²) in [7, 11) is 0. The van der Waals surface area contributed by atoms with Crippen molar-refractivity contribution in [2.75, 3.05) is 0 Å². The molecule has 0 spiro atoms. The molecular weight excluding hydrogens is 440 g/mol. The van der Waals surface area contributed by atoms with E-state index >= 15 is 0 Å². The standard InChI is InChI=1S/C25H30N2O7/c1-16(2)22(24(31)33-15-19-12-8-7-9-17(19)3)27-23(30)20(13-21(28)29)26-25(32)34-14-18-10-5-4-6-11-18/h4-12,16,20,22H,13-15H2,1-3H3,(H,26,32)(H,27,30)(H,28,29)/t20-,22-/m0/s1. The third-order valence-electron chi connectivity index (χ3n) is 5.05. The van der Waals surface area contributed by atoms with Crippen molar-refractivity contribution >= 4 is 23.9 Å². The highest BCUT2D eigenvalue weighted by Gasteiger charge is 2.31. The van der Waals surface area contributed by atoms with E-state index in [0.717, 1.165) is 16.7 Å². The van der Waals surface area contributed by atoms with Gasteiger partial charge in [0.1, 0.15) is 25.3 Å². The monoisotopic (exact) mass is 470 g/mol. The molecule has 9 nitrogen and oxygen atoms in total. The smallest absolute Gasteiger partial charge is 0.408 e. The number of aryl methyl sites for hydroxylation is 1. The van der Waals surface area contributed by atoms with Crippen LogP contribution in [0.15, 0.2) is 54.6 Å². The predicted molar refractivity (Wildman–Crippen MR) is 124 cm³/mol. The van der Waals surface area contributed by atoms with Crippen LogP contribution < -0.4 is 10.6 Å². The molecule has 0 aromatic heterocycles. The number of rotatable bonds is 11. The summed E-state index contributed by atoms with van der Waals surface area (Å²) in [5, 5.41) is 13.9. The van der Waals surface area contributed by atoms with Gasteiger partial charge in [0, 0.05) is 0 Å². The maximum Gasteiger partial charge on any atom is 0.408 e. The van der Waals surface area contributed by atoms with Crippen LogP contribution in [0, 0.1) is 12.8 Å². The Bertz CT molecular complexity index is 992. The van der Waals surface area contributed by atoms with E-state index in [4.69, 9.17) is 9.47 Å². The third kappa shape index (κ3) is 8.57. The lowest BCUT2D eigenvalue weighted by atomic mass is 10.0. The third-order valence-corrected chi connectivity index (χ3v) is 5.05. The number of esters is 1. The van der Waals surface area contributed by atoms with Crippen molar-refractivity contribution in [2.45, 2.75) is 52.5 Å². The van der Waals surface area contributed by atoms with E-state index in [-0.39, 0.29) is 19.1 Å². The first-order valence-corrected chi connectivity index (χ1v) is 10.9. The van der Waals surface area contributed by atoms with Crippen molar-refractivity contribution < 1.29 is 33.8 Å². The summed E-state index contributed by atoms with van der Waals surface area (Å²) in [5.74, 6) is -3.13. The van der Waals surface area contributed by atoms with Crippen molar-refractivity contribution in [3.63, 3.8) is 0 Å². The quantitative estimate of drug-likeness (QED) is 0.430. The molecule has 0 radical (unpaired) electrons. The number of carboxylic acids is 1.